The third-order valence-electron chi connectivity index (χ3n) is 6.54. The SMILES string of the molecule is Cc1ccc(F)cc1-c1cccc(C(=O)Nc2ccc(OCCN3CCOCC3)c3ccccc23)c1. The van der Waals surface area contributed by atoms with Gasteiger partial charge in [-0.25, -0.2) is 4.39 Å². The van der Waals surface area contributed by atoms with Crippen LogP contribution in [0.1, 0.15) is 15.9 Å². The Hall–Kier alpha value is -3.74. The van der Waals surface area contributed by atoms with Crippen LogP contribution in [-0.2, 0) is 4.74 Å². The molecule has 0 spiro atoms. The van der Waals surface area contributed by atoms with Gasteiger partial charge in [-0.15, -0.1) is 0 Å². The average molecular weight is 485 g/mol. The number of rotatable bonds is 7. The van der Waals surface area contributed by atoms with E-state index in [9.17, 15) is 9.18 Å². The van der Waals surface area contributed by atoms with Crippen LogP contribution in [0, 0.1) is 12.7 Å². The Morgan fingerprint density at radius 1 is 0.972 bits per heavy atom. The summed E-state index contributed by atoms with van der Waals surface area (Å²) in [6.45, 7) is 6.74. The number of benzene rings is 4. The molecule has 0 radical (unpaired) electrons. The molecule has 184 valence electrons. The lowest BCUT2D eigenvalue weighted by Gasteiger charge is -2.26. The summed E-state index contributed by atoms with van der Waals surface area (Å²) in [5.74, 6) is 0.265. The zero-order chi connectivity index (χ0) is 24.9. The van der Waals surface area contributed by atoms with Crippen LogP contribution < -0.4 is 10.1 Å². The highest BCUT2D eigenvalue weighted by Crippen LogP contribution is 2.32. The molecule has 1 aliphatic heterocycles. The summed E-state index contributed by atoms with van der Waals surface area (Å²) in [6, 6.07) is 23.6. The van der Waals surface area contributed by atoms with Crippen molar-refractivity contribution in [3.05, 3.63) is 95.8 Å². The molecule has 1 amide bonds. The van der Waals surface area contributed by atoms with Crippen LogP contribution in [0.5, 0.6) is 5.75 Å². The van der Waals surface area contributed by atoms with Crippen molar-refractivity contribution in [3.63, 3.8) is 0 Å². The second kappa shape index (κ2) is 10.9. The summed E-state index contributed by atoms with van der Waals surface area (Å²) >= 11 is 0. The number of morpholine rings is 1. The van der Waals surface area contributed by atoms with Crippen molar-refractivity contribution >= 4 is 22.4 Å². The van der Waals surface area contributed by atoms with Crippen molar-refractivity contribution < 1.29 is 18.7 Å². The standard InChI is InChI=1S/C30H29FN2O3/c1-21-9-10-24(31)20-27(21)22-5-4-6-23(19-22)30(34)32-28-11-12-29(26-8-3-2-7-25(26)28)36-18-15-33-13-16-35-17-14-33/h2-12,19-20H,13-18H2,1H3,(H,32,34). The number of carbonyl (C=O) groups is 1. The summed E-state index contributed by atoms with van der Waals surface area (Å²) < 4.78 is 25.4. The van der Waals surface area contributed by atoms with E-state index in [2.05, 4.69) is 10.2 Å². The molecular formula is C30H29FN2O3. The predicted molar refractivity (Wildman–Crippen MR) is 141 cm³/mol. The van der Waals surface area contributed by atoms with E-state index in [4.69, 9.17) is 9.47 Å². The highest BCUT2D eigenvalue weighted by atomic mass is 19.1. The van der Waals surface area contributed by atoms with Gasteiger partial charge in [0, 0.05) is 41.7 Å². The second-order valence-corrected chi connectivity index (χ2v) is 8.95. The van der Waals surface area contributed by atoms with Gasteiger partial charge in [0.15, 0.2) is 0 Å². The molecule has 1 saturated heterocycles. The van der Waals surface area contributed by atoms with E-state index in [-0.39, 0.29) is 11.7 Å². The van der Waals surface area contributed by atoms with Gasteiger partial charge in [0.2, 0.25) is 0 Å². The van der Waals surface area contributed by atoms with Gasteiger partial charge in [-0.2, -0.15) is 0 Å². The number of nitrogens with one attached hydrogen (secondary N) is 1. The molecule has 1 heterocycles. The maximum atomic E-state index is 13.8. The Kier molecular flexibility index (Phi) is 7.26. The van der Waals surface area contributed by atoms with Gasteiger partial charge in [-0.1, -0.05) is 42.5 Å². The van der Waals surface area contributed by atoms with Crippen LogP contribution in [0.25, 0.3) is 21.9 Å². The van der Waals surface area contributed by atoms with Crippen molar-refractivity contribution in [2.24, 2.45) is 0 Å². The molecule has 5 rings (SSSR count). The third-order valence-corrected chi connectivity index (χ3v) is 6.54. The van der Waals surface area contributed by atoms with E-state index in [0.29, 0.717) is 17.9 Å². The van der Waals surface area contributed by atoms with Gasteiger partial charge < -0.3 is 14.8 Å². The van der Waals surface area contributed by atoms with Crippen LogP contribution in [0.15, 0.2) is 78.9 Å². The lowest BCUT2D eigenvalue weighted by molar-refractivity contribution is 0.0323. The van der Waals surface area contributed by atoms with Gasteiger partial charge >= 0.3 is 0 Å². The Bertz CT molecular complexity index is 1380. The molecule has 4 aromatic carbocycles. The van der Waals surface area contributed by atoms with E-state index in [1.165, 1.54) is 12.1 Å². The number of amides is 1. The van der Waals surface area contributed by atoms with Crippen molar-refractivity contribution in [1.29, 1.82) is 0 Å². The molecule has 0 bridgehead atoms. The maximum Gasteiger partial charge on any atom is 0.255 e. The number of fused-ring (bicyclic) bond motifs is 1. The molecule has 36 heavy (non-hydrogen) atoms. The lowest BCUT2D eigenvalue weighted by atomic mass is 9.98. The van der Waals surface area contributed by atoms with Crippen LogP contribution in [0.4, 0.5) is 10.1 Å². The minimum Gasteiger partial charge on any atom is -0.492 e. The van der Waals surface area contributed by atoms with E-state index < -0.39 is 0 Å². The quantitative estimate of drug-likeness (QED) is 0.354. The van der Waals surface area contributed by atoms with Gasteiger partial charge in [0.25, 0.3) is 5.91 Å². The fourth-order valence-corrected chi connectivity index (χ4v) is 4.54. The number of anilines is 1. The number of carbonyl (C=O) groups excluding carboxylic acids is 1. The fraction of sp³-hybridized carbons (Fsp3) is 0.233. The molecular weight excluding hydrogens is 455 g/mol. The Morgan fingerprint density at radius 2 is 1.78 bits per heavy atom. The number of aryl methyl sites for hydroxylation is 1. The van der Waals surface area contributed by atoms with Gasteiger partial charge in [0.1, 0.15) is 18.2 Å². The molecule has 0 aliphatic carbocycles. The van der Waals surface area contributed by atoms with Gasteiger partial charge in [-0.3, -0.25) is 9.69 Å². The maximum absolute atomic E-state index is 13.8. The van der Waals surface area contributed by atoms with Crippen molar-refractivity contribution in [2.75, 3.05) is 44.8 Å². The summed E-state index contributed by atoms with van der Waals surface area (Å²) in [5, 5.41) is 4.91. The van der Waals surface area contributed by atoms with E-state index in [0.717, 1.165) is 66.1 Å². The minimum atomic E-state index is -0.302. The molecule has 0 atom stereocenters. The number of halogens is 1. The first-order chi connectivity index (χ1) is 17.6. The minimum absolute atomic E-state index is 0.225. The highest BCUT2D eigenvalue weighted by Gasteiger charge is 2.14. The van der Waals surface area contributed by atoms with Crippen LogP contribution in [-0.4, -0.2) is 50.3 Å². The van der Waals surface area contributed by atoms with Gasteiger partial charge in [0.05, 0.1) is 13.2 Å². The van der Waals surface area contributed by atoms with Gasteiger partial charge in [-0.05, 0) is 60.0 Å². The predicted octanol–water partition coefficient (Wildman–Crippen LogP) is 5.92. The smallest absolute Gasteiger partial charge is 0.255 e. The number of ether oxygens (including phenoxy) is 2. The number of nitrogens with zero attached hydrogens (tertiary/aromatic N) is 1. The first kappa shape index (κ1) is 24.0. The molecule has 5 nitrogen and oxygen atoms in total. The Labute approximate surface area is 210 Å². The normalized spacial score (nSPS) is 14.1. The molecule has 4 aromatic rings. The highest BCUT2D eigenvalue weighted by molar-refractivity contribution is 6.10. The largest absolute Gasteiger partial charge is 0.492 e. The summed E-state index contributed by atoms with van der Waals surface area (Å²) in [7, 11) is 0. The van der Waals surface area contributed by atoms with Crippen molar-refractivity contribution in [3.8, 4) is 16.9 Å². The molecule has 1 N–H and O–H groups in total. The summed E-state index contributed by atoms with van der Waals surface area (Å²) in [5.41, 5.74) is 3.74. The summed E-state index contributed by atoms with van der Waals surface area (Å²) in [6.07, 6.45) is 0. The van der Waals surface area contributed by atoms with E-state index in [1.807, 2.05) is 55.5 Å². The number of hydrogen-bond acceptors (Lipinski definition) is 4. The monoisotopic (exact) mass is 484 g/mol. The fourth-order valence-electron chi connectivity index (χ4n) is 4.54. The lowest BCUT2D eigenvalue weighted by Crippen LogP contribution is -2.38. The first-order valence-corrected chi connectivity index (χ1v) is 12.2. The first-order valence-electron chi connectivity index (χ1n) is 12.2. The molecule has 0 unspecified atom stereocenters. The van der Waals surface area contributed by atoms with Crippen molar-refractivity contribution in [2.45, 2.75) is 6.92 Å². The van der Waals surface area contributed by atoms with Crippen LogP contribution in [0.3, 0.4) is 0 Å². The Balaban J connectivity index is 1.34. The summed E-state index contributed by atoms with van der Waals surface area (Å²) in [4.78, 5) is 15.5. The van der Waals surface area contributed by atoms with Crippen molar-refractivity contribution in [1.82, 2.24) is 4.90 Å². The third kappa shape index (κ3) is 5.40. The van der Waals surface area contributed by atoms with E-state index >= 15 is 0 Å². The zero-order valence-corrected chi connectivity index (χ0v) is 20.3. The molecule has 0 saturated carbocycles. The molecule has 6 heteroatoms. The average Bonchev–Trinajstić information content (AvgIpc) is 2.92. The number of hydrogen-bond donors (Lipinski definition) is 1. The molecule has 1 fully saturated rings. The zero-order valence-electron chi connectivity index (χ0n) is 20.3. The topological polar surface area (TPSA) is 50.8 Å². The van der Waals surface area contributed by atoms with Crippen LogP contribution >= 0.6 is 0 Å². The second-order valence-electron chi connectivity index (χ2n) is 8.95. The van der Waals surface area contributed by atoms with Crippen LogP contribution in [0.2, 0.25) is 0 Å². The molecule has 0 aromatic heterocycles. The molecule has 1 aliphatic rings. The Morgan fingerprint density at radius 3 is 2.61 bits per heavy atom. The van der Waals surface area contributed by atoms with E-state index in [1.54, 1.807) is 18.2 Å².